The van der Waals surface area contributed by atoms with Crippen LogP contribution in [0.4, 0.5) is 0 Å². The van der Waals surface area contributed by atoms with Crippen molar-refractivity contribution in [2.24, 2.45) is 0 Å². The van der Waals surface area contributed by atoms with Crippen molar-refractivity contribution in [1.29, 1.82) is 0 Å². The number of Topliss-reactive ketones (excluding diaryl/α,β-unsaturated/α-hetero) is 1. The molecule has 1 atom stereocenters. The van der Waals surface area contributed by atoms with Gasteiger partial charge >= 0.3 is 0 Å². The second kappa shape index (κ2) is 5.80. The molecule has 0 bridgehead atoms. The van der Waals surface area contributed by atoms with E-state index in [0.717, 1.165) is 35.3 Å². The third kappa shape index (κ3) is 2.78. The number of benzene rings is 2. The number of halogens is 1. The van der Waals surface area contributed by atoms with Crippen molar-refractivity contribution >= 4 is 21.7 Å². The summed E-state index contributed by atoms with van der Waals surface area (Å²) in [6.07, 6.45) is 1.77. The summed E-state index contributed by atoms with van der Waals surface area (Å²) in [5.41, 5.74) is 3.06. The van der Waals surface area contributed by atoms with Gasteiger partial charge in [0.25, 0.3) is 0 Å². The summed E-state index contributed by atoms with van der Waals surface area (Å²) < 4.78 is 5.80. The second-order valence-corrected chi connectivity index (χ2v) is 6.07. The van der Waals surface area contributed by atoms with Crippen LogP contribution in [0.3, 0.4) is 0 Å². The van der Waals surface area contributed by atoms with Crippen LogP contribution in [0.5, 0.6) is 5.75 Å². The van der Waals surface area contributed by atoms with E-state index in [-0.39, 0.29) is 10.6 Å². The van der Waals surface area contributed by atoms with Crippen molar-refractivity contribution in [3.8, 4) is 5.75 Å². The summed E-state index contributed by atoms with van der Waals surface area (Å²) >= 11 is 3.42. The lowest BCUT2D eigenvalue weighted by atomic mass is 9.90. The largest absolute Gasteiger partial charge is 0.489 e. The number of rotatable bonds is 3. The lowest BCUT2D eigenvalue weighted by molar-refractivity contribution is 0.0981. The van der Waals surface area contributed by atoms with Gasteiger partial charge in [0.1, 0.15) is 12.4 Å². The third-order valence-corrected chi connectivity index (χ3v) is 4.42. The summed E-state index contributed by atoms with van der Waals surface area (Å²) in [6.45, 7) is 0.550. The molecule has 0 radical (unpaired) electrons. The summed E-state index contributed by atoms with van der Waals surface area (Å²) in [7, 11) is 0. The van der Waals surface area contributed by atoms with Crippen LogP contribution < -0.4 is 4.74 Å². The summed E-state index contributed by atoms with van der Waals surface area (Å²) in [5.74, 6) is 1.01. The van der Waals surface area contributed by atoms with E-state index in [1.807, 2.05) is 48.5 Å². The molecule has 1 unspecified atom stereocenters. The number of hydrogen-bond donors (Lipinski definition) is 0. The van der Waals surface area contributed by atoms with Gasteiger partial charge in [-0.1, -0.05) is 46.3 Å². The normalized spacial score (nSPS) is 17.6. The maximum absolute atomic E-state index is 12.0. The predicted molar refractivity (Wildman–Crippen MR) is 82.6 cm³/mol. The fourth-order valence-corrected chi connectivity index (χ4v) is 2.91. The van der Waals surface area contributed by atoms with Gasteiger partial charge in [-0.05, 0) is 42.2 Å². The van der Waals surface area contributed by atoms with E-state index in [4.69, 9.17) is 4.74 Å². The molecule has 0 fully saturated rings. The number of hydrogen-bond acceptors (Lipinski definition) is 2. The molecule has 2 nitrogen and oxygen atoms in total. The number of fused-ring (bicyclic) bond motifs is 1. The van der Waals surface area contributed by atoms with E-state index in [1.54, 1.807) is 0 Å². The van der Waals surface area contributed by atoms with Crippen LogP contribution in [0.2, 0.25) is 0 Å². The van der Waals surface area contributed by atoms with Crippen molar-refractivity contribution in [3.05, 3.63) is 65.2 Å². The highest BCUT2D eigenvalue weighted by Crippen LogP contribution is 2.28. The first-order chi connectivity index (χ1) is 9.74. The Morgan fingerprint density at radius 1 is 1.15 bits per heavy atom. The Kier molecular flexibility index (Phi) is 3.88. The SMILES string of the molecule is O=C1c2ccc(OCc3ccccc3)cc2CCC1Br. The van der Waals surface area contributed by atoms with Crippen LogP contribution in [0.1, 0.15) is 27.9 Å². The van der Waals surface area contributed by atoms with E-state index >= 15 is 0 Å². The first-order valence-electron chi connectivity index (χ1n) is 6.72. The molecule has 0 saturated heterocycles. The van der Waals surface area contributed by atoms with Crippen molar-refractivity contribution in [3.63, 3.8) is 0 Å². The van der Waals surface area contributed by atoms with Gasteiger partial charge in [-0.15, -0.1) is 0 Å². The van der Waals surface area contributed by atoms with E-state index in [9.17, 15) is 4.79 Å². The summed E-state index contributed by atoms with van der Waals surface area (Å²) in [5, 5.41) is 0. The molecule has 0 aromatic heterocycles. The number of aryl methyl sites for hydroxylation is 1. The Bertz CT molecular complexity index is 622. The Balaban J connectivity index is 1.75. The van der Waals surface area contributed by atoms with Gasteiger partial charge < -0.3 is 4.74 Å². The molecule has 0 spiro atoms. The predicted octanol–water partition coefficient (Wildman–Crippen LogP) is 4.16. The quantitative estimate of drug-likeness (QED) is 0.790. The molecular weight excluding hydrogens is 316 g/mol. The van der Waals surface area contributed by atoms with E-state index < -0.39 is 0 Å². The molecule has 0 saturated carbocycles. The van der Waals surface area contributed by atoms with Gasteiger partial charge in [-0.25, -0.2) is 0 Å². The topological polar surface area (TPSA) is 26.3 Å². The fraction of sp³-hybridized carbons (Fsp3) is 0.235. The standard InChI is InChI=1S/C17H15BrO2/c18-16-9-6-13-10-14(7-8-15(13)17(16)19)20-11-12-4-2-1-3-5-12/h1-5,7-8,10,16H,6,9,11H2. The number of ether oxygens (including phenoxy) is 1. The second-order valence-electron chi connectivity index (χ2n) is 4.96. The monoisotopic (exact) mass is 330 g/mol. The molecule has 3 rings (SSSR count). The molecule has 20 heavy (non-hydrogen) atoms. The molecule has 3 heteroatoms. The molecule has 0 N–H and O–H groups in total. The number of ketones is 1. The van der Waals surface area contributed by atoms with Crippen molar-refractivity contribution < 1.29 is 9.53 Å². The summed E-state index contributed by atoms with van der Waals surface area (Å²) in [6, 6.07) is 15.8. The average Bonchev–Trinajstić information content (AvgIpc) is 2.50. The van der Waals surface area contributed by atoms with Crippen molar-refractivity contribution in [1.82, 2.24) is 0 Å². The van der Waals surface area contributed by atoms with Crippen LogP contribution in [-0.4, -0.2) is 10.6 Å². The van der Waals surface area contributed by atoms with Crippen LogP contribution in [0.25, 0.3) is 0 Å². The molecule has 1 aliphatic rings. The average molecular weight is 331 g/mol. The Hall–Kier alpha value is -1.61. The highest BCUT2D eigenvalue weighted by molar-refractivity contribution is 9.10. The van der Waals surface area contributed by atoms with Gasteiger partial charge in [0.2, 0.25) is 0 Å². The van der Waals surface area contributed by atoms with Gasteiger partial charge in [-0.2, -0.15) is 0 Å². The van der Waals surface area contributed by atoms with Gasteiger partial charge in [0.05, 0.1) is 4.83 Å². The lowest BCUT2D eigenvalue weighted by Gasteiger charge is -2.19. The van der Waals surface area contributed by atoms with Crippen molar-refractivity contribution in [2.75, 3.05) is 0 Å². The Morgan fingerprint density at radius 2 is 1.95 bits per heavy atom. The molecule has 1 aliphatic carbocycles. The van der Waals surface area contributed by atoms with Crippen LogP contribution in [0.15, 0.2) is 48.5 Å². The molecule has 0 heterocycles. The van der Waals surface area contributed by atoms with Gasteiger partial charge in [0, 0.05) is 5.56 Å². The number of alkyl halides is 1. The van der Waals surface area contributed by atoms with E-state index in [0.29, 0.717) is 6.61 Å². The highest BCUT2D eigenvalue weighted by Gasteiger charge is 2.25. The van der Waals surface area contributed by atoms with Gasteiger partial charge in [-0.3, -0.25) is 4.79 Å². The van der Waals surface area contributed by atoms with Crippen LogP contribution in [0, 0.1) is 0 Å². The highest BCUT2D eigenvalue weighted by atomic mass is 79.9. The molecule has 0 aliphatic heterocycles. The smallest absolute Gasteiger partial charge is 0.176 e. The molecule has 102 valence electrons. The Labute approximate surface area is 126 Å². The number of carbonyl (C=O) groups is 1. The minimum absolute atomic E-state index is 0.0360. The maximum atomic E-state index is 12.0. The molecule has 2 aromatic carbocycles. The van der Waals surface area contributed by atoms with E-state index in [2.05, 4.69) is 15.9 Å². The zero-order chi connectivity index (χ0) is 13.9. The minimum atomic E-state index is -0.0360. The minimum Gasteiger partial charge on any atom is -0.489 e. The first kappa shape index (κ1) is 13.4. The summed E-state index contributed by atoms with van der Waals surface area (Å²) in [4.78, 5) is 12.0. The third-order valence-electron chi connectivity index (χ3n) is 3.54. The zero-order valence-electron chi connectivity index (χ0n) is 11.0. The zero-order valence-corrected chi connectivity index (χ0v) is 12.6. The molecule has 0 amide bonds. The maximum Gasteiger partial charge on any atom is 0.176 e. The fourth-order valence-electron chi connectivity index (χ4n) is 2.43. The van der Waals surface area contributed by atoms with Crippen LogP contribution in [-0.2, 0) is 13.0 Å². The van der Waals surface area contributed by atoms with E-state index in [1.165, 1.54) is 0 Å². The molecule has 2 aromatic rings. The van der Waals surface area contributed by atoms with Crippen molar-refractivity contribution in [2.45, 2.75) is 24.3 Å². The Morgan fingerprint density at radius 3 is 2.75 bits per heavy atom. The van der Waals surface area contributed by atoms with Gasteiger partial charge in [0.15, 0.2) is 5.78 Å². The first-order valence-corrected chi connectivity index (χ1v) is 7.63. The lowest BCUT2D eigenvalue weighted by Crippen LogP contribution is -2.22. The molecular formula is C17H15BrO2. The van der Waals surface area contributed by atoms with Crippen LogP contribution >= 0.6 is 15.9 Å². The number of carbonyl (C=O) groups excluding carboxylic acids is 1.